The van der Waals surface area contributed by atoms with E-state index in [4.69, 9.17) is 14.2 Å². The maximum atomic E-state index is 14.0. The molecule has 0 aliphatic rings. The Morgan fingerprint density at radius 1 is 0.878 bits per heavy atom. The molecule has 0 saturated carbocycles. The number of benzene rings is 4. The van der Waals surface area contributed by atoms with Gasteiger partial charge in [-0.25, -0.2) is 9.59 Å². The van der Waals surface area contributed by atoms with Gasteiger partial charge in [-0.2, -0.15) is 0 Å². The molecule has 0 radical (unpaired) electrons. The summed E-state index contributed by atoms with van der Waals surface area (Å²) in [7, 11) is 1.26. The lowest BCUT2D eigenvalue weighted by Crippen LogP contribution is -2.57. The summed E-state index contributed by atoms with van der Waals surface area (Å²) < 4.78 is 17.4. The van der Waals surface area contributed by atoms with Gasteiger partial charge < -0.3 is 24.8 Å². The third-order valence-corrected chi connectivity index (χ3v) is 6.57. The molecular formula is C33H32N2O6. The van der Waals surface area contributed by atoms with Crippen molar-refractivity contribution in [1.82, 2.24) is 0 Å². The van der Waals surface area contributed by atoms with Gasteiger partial charge in [0.05, 0.1) is 20.3 Å². The number of esters is 2. The molecule has 2 N–H and O–H groups in total. The lowest BCUT2D eigenvalue weighted by Gasteiger charge is -2.38. The van der Waals surface area contributed by atoms with Gasteiger partial charge in [-0.3, -0.25) is 4.79 Å². The molecule has 0 bridgehead atoms. The number of nitrogens with one attached hydrogen (secondary N) is 2. The molecule has 0 aliphatic carbocycles. The SMILES string of the molecule is C=CC(=O)Nc1ccc(NC(C(=O)OCC)C(OCc2ccccc2)(C(=O)OC)c2cccc3ccccc23)cc1. The van der Waals surface area contributed by atoms with Crippen molar-refractivity contribution in [2.24, 2.45) is 0 Å². The van der Waals surface area contributed by atoms with E-state index in [0.717, 1.165) is 10.9 Å². The Hall–Kier alpha value is -4.95. The second kappa shape index (κ2) is 13.4. The molecule has 2 atom stereocenters. The molecule has 0 heterocycles. The third kappa shape index (κ3) is 6.45. The van der Waals surface area contributed by atoms with E-state index < -0.39 is 23.6 Å². The van der Waals surface area contributed by atoms with E-state index in [9.17, 15) is 14.4 Å². The number of fused-ring (bicyclic) bond motifs is 1. The predicted octanol–water partition coefficient (Wildman–Crippen LogP) is 5.59. The normalized spacial score (nSPS) is 12.9. The van der Waals surface area contributed by atoms with Crippen LogP contribution in [-0.2, 0) is 40.8 Å². The third-order valence-electron chi connectivity index (χ3n) is 6.57. The maximum absolute atomic E-state index is 14.0. The van der Waals surface area contributed by atoms with Crippen LogP contribution in [0.5, 0.6) is 0 Å². The summed E-state index contributed by atoms with van der Waals surface area (Å²) in [6.45, 7) is 5.23. The molecule has 4 aromatic rings. The fourth-order valence-corrected chi connectivity index (χ4v) is 4.64. The van der Waals surface area contributed by atoms with Crippen molar-refractivity contribution in [2.45, 2.75) is 25.2 Å². The van der Waals surface area contributed by atoms with Crippen LogP contribution in [0.25, 0.3) is 10.8 Å². The minimum atomic E-state index is -1.96. The zero-order chi connectivity index (χ0) is 29.2. The first-order valence-electron chi connectivity index (χ1n) is 13.1. The molecule has 0 aromatic heterocycles. The number of ether oxygens (including phenoxy) is 3. The number of hydrogen-bond acceptors (Lipinski definition) is 7. The van der Waals surface area contributed by atoms with Crippen molar-refractivity contribution in [3.05, 3.63) is 121 Å². The highest BCUT2D eigenvalue weighted by atomic mass is 16.6. The van der Waals surface area contributed by atoms with Gasteiger partial charge in [0.1, 0.15) is 0 Å². The summed E-state index contributed by atoms with van der Waals surface area (Å²) in [4.78, 5) is 39.5. The Bertz CT molecular complexity index is 1510. The van der Waals surface area contributed by atoms with Crippen LogP contribution in [0, 0.1) is 0 Å². The molecule has 1 amide bonds. The van der Waals surface area contributed by atoms with Crippen LogP contribution in [0.2, 0.25) is 0 Å². The topological polar surface area (TPSA) is 103 Å². The second-order valence-corrected chi connectivity index (χ2v) is 9.13. The molecule has 4 aromatic carbocycles. The highest BCUT2D eigenvalue weighted by Gasteiger charge is 2.55. The Kier molecular flexibility index (Phi) is 9.50. The number of anilines is 2. The molecule has 8 nitrogen and oxygen atoms in total. The molecule has 0 saturated heterocycles. The van der Waals surface area contributed by atoms with Gasteiger partial charge in [0.2, 0.25) is 11.5 Å². The fraction of sp³-hybridized carbons (Fsp3) is 0.182. The summed E-state index contributed by atoms with van der Waals surface area (Å²) in [6, 6.07) is 27.7. The predicted molar refractivity (Wildman–Crippen MR) is 158 cm³/mol. The zero-order valence-corrected chi connectivity index (χ0v) is 23.0. The average Bonchev–Trinajstić information content (AvgIpc) is 3.01. The van der Waals surface area contributed by atoms with Gasteiger partial charge in [-0.05, 0) is 53.6 Å². The monoisotopic (exact) mass is 552 g/mol. The Labute approximate surface area is 238 Å². The number of rotatable bonds is 12. The standard InChI is InChI=1S/C33H32N2O6/c1-4-29(36)34-25-18-20-26(21-19-25)35-30(31(37)40-5-2)33(32(38)39-3,41-22-23-12-7-6-8-13-23)28-17-11-15-24-14-9-10-16-27(24)28/h4,6-21,30,35H,1,5,22H2,2-3H3,(H,34,36). The van der Waals surface area contributed by atoms with E-state index in [-0.39, 0.29) is 19.1 Å². The molecule has 0 spiro atoms. The van der Waals surface area contributed by atoms with Crippen molar-refractivity contribution in [3.63, 3.8) is 0 Å². The van der Waals surface area contributed by atoms with Gasteiger partial charge in [-0.1, -0.05) is 79.4 Å². The van der Waals surface area contributed by atoms with Crippen molar-refractivity contribution in [2.75, 3.05) is 24.4 Å². The van der Waals surface area contributed by atoms with Crippen molar-refractivity contribution < 1.29 is 28.6 Å². The van der Waals surface area contributed by atoms with Crippen molar-refractivity contribution in [3.8, 4) is 0 Å². The summed E-state index contributed by atoms with van der Waals surface area (Å²) in [6.07, 6.45) is 1.17. The molecule has 2 unspecified atom stereocenters. The van der Waals surface area contributed by atoms with E-state index in [2.05, 4.69) is 17.2 Å². The summed E-state index contributed by atoms with van der Waals surface area (Å²) in [5, 5.41) is 7.43. The molecule has 210 valence electrons. The van der Waals surface area contributed by atoms with Crippen LogP contribution in [0.15, 0.2) is 110 Å². The van der Waals surface area contributed by atoms with E-state index in [1.165, 1.54) is 13.2 Å². The van der Waals surface area contributed by atoms with Gasteiger partial charge in [0.25, 0.3) is 0 Å². The zero-order valence-electron chi connectivity index (χ0n) is 23.0. The quantitative estimate of drug-likeness (QED) is 0.174. The molecule has 8 heteroatoms. The second-order valence-electron chi connectivity index (χ2n) is 9.13. The van der Waals surface area contributed by atoms with Gasteiger partial charge in [0, 0.05) is 16.9 Å². The lowest BCUT2D eigenvalue weighted by atomic mass is 9.82. The van der Waals surface area contributed by atoms with Crippen molar-refractivity contribution >= 4 is 40.0 Å². The first-order chi connectivity index (χ1) is 19.9. The molecule has 0 aliphatic heterocycles. The molecule has 0 fully saturated rings. The van der Waals surface area contributed by atoms with Gasteiger partial charge in [-0.15, -0.1) is 0 Å². The summed E-state index contributed by atoms with van der Waals surface area (Å²) in [5.74, 6) is -1.83. The van der Waals surface area contributed by atoms with Crippen LogP contribution < -0.4 is 10.6 Å². The van der Waals surface area contributed by atoms with Crippen LogP contribution in [-0.4, -0.2) is 37.6 Å². The van der Waals surface area contributed by atoms with Crippen LogP contribution in [0.1, 0.15) is 18.1 Å². The number of carbonyl (C=O) groups is 3. The first-order valence-corrected chi connectivity index (χ1v) is 13.1. The minimum absolute atomic E-state index is 0.00324. The summed E-state index contributed by atoms with van der Waals surface area (Å²) >= 11 is 0. The highest BCUT2D eigenvalue weighted by Crippen LogP contribution is 2.39. The minimum Gasteiger partial charge on any atom is -0.467 e. The van der Waals surface area contributed by atoms with E-state index in [1.54, 1.807) is 43.3 Å². The van der Waals surface area contributed by atoms with Crippen LogP contribution in [0.3, 0.4) is 0 Å². The fourth-order valence-electron chi connectivity index (χ4n) is 4.64. The molecule has 41 heavy (non-hydrogen) atoms. The lowest BCUT2D eigenvalue weighted by molar-refractivity contribution is -0.183. The Morgan fingerprint density at radius 3 is 2.22 bits per heavy atom. The van der Waals surface area contributed by atoms with Crippen molar-refractivity contribution in [1.29, 1.82) is 0 Å². The number of methoxy groups -OCH3 is 1. The van der Waals surface area contributed by atoms with E-state index in [1.807, 2.05) is 60.7 Å². The summed E-state index contributed by atoms with van der Waals surface area (Å²) in [5.41, 5.74) is 0.288. The Morgan fingerprint density at radius 2 is 1.54 bits per heavy atom. The number of hydrogen-bond donors (Lipinski definition) is 2. The van der Waals surface area contributed by atoms with Gasteiger partial charge >= 0.3 is 11.9 Å². The van der Waals surface area contributed by atoms with Crippen LogP contribution in [0.4, 0.5) is 11.4 Å². The molecule has 4 rings (SSSR count). The largest absolute Gasteiger partial charge is 0.467 e. The number of carbonyl (C=O) groups excluding carboxylic acids is 3. The highest BCUT2D eigenvalue weighted by molar-refractivity contribution is 6.00. The molecular weight excluding hydrogens is 520 g/mol. The first kappa shape index (κ1) is 29.0. The number of amides is 1. The maximum Gasteiger partial charge on any atom is 0.345 e. The Balaban J connectivity index is 1.90. The van der Waals surface area contributed by atoms with Crippen LogP contribution >= 0.6 is 0 Å². The average molecular weight is 553 g/mol. The van der Waals surface area contributed by atoms with E-state index >= 15 is 0 Å². The van der Waals surface area contributed by atoms with E-state index in [0.29, 0.717) is 22.3 Å². The smallest absolute Gasteiger partial charge is 0.345 e. The van der Waals surface area contributed by atoms with Gasteiger partial charge in [0.15, 0.2) is 6.04 Å².